The van der Waals surface area contributed by atoms with Gasteiger partial charge in [-0.3, -0.25) is 4.68 Å². The average molecular weight is 244 g/mol. The van der Waals surface area contributed by atoms with Crippen molar-refractivity contribution >= 4 is 0 Å². The minimum atomic E-state index is -0.610. The Morgan fingerprint density at radius 2 is 1.78 bits per heavy atom. The van der Waals surface area contributed by atoms with Gasteiger partial charge in [-0.25, -0.2) is 0 Å². The zero-order chi connectivity index (χ0) is 13.3. The van der Waals surface area contributed by atoms with Crippen LogP contribution in [0, 0.1) is 13.8 Å². The molecule has 3 nitrogen and oxygen atoms in total. The minimum Gasteiger partial charge on any atom is -0.382 e. The molecule has 3 heteroatoms. The lowest BCUT2D eigenvalue weighted by molar-refractivity contribution is 0.209. The summed E-state index contributed by atoms with van der Waals surface area (Å²) in [5.41, 5.74) is 5.12. The lowest BCUT2D eigenvalue weighted by Gasteiger charge is -2.13. The van der Waals surface area contributed by atoms with Crippen LogP contribution >= 0.6 is 0 Å². The second-order valence-corrected chi connectivity index (χ2v) is 4.86. The van der Waals surface area contributed by atoms with E-state index in [1.165, 1.54) is 11.1 Å². The number of hydrogen-bond acceptors (Lipinski definition) is 2. The average Bonchev–Trinajstić information content (AvgIpc) is 2.68. The molecule has 2 rings (SSSR count). The molecule has 1 aromatic carbocycles. The highest BCUT2D eigenvalue weighted by Gasteiger charge is 2.16. The van der Waals surface area contributed by atoms with Crippen molar-refractivity contribution < 1.29 is 5.11 Å². The summed E-state index contributed by atoms with van der Waals surface area (Å²) >= 11 is 0. The first kappa shape index (κ1) is 12.8. The van der Waals surface area contributed by atoms with Gasteiger partial charge in [0.05, 0.1) is 11.4 Å². The van der Waals surface area contributed by atoms with Crippen LogP contribution in [0.4, 0.5) is 0 Å². The van der Waals surface area contributed by atoms with E-state index in [0.717, 1.165) is 23.4 Å². The second-order valence-electron chi connectivity index (χ2n) is 4.86. The first-order chi connectivity index (χ1) is 8.51. The summed E-state index contributed by atoms with van der Waals surface area (Å²) in [6.07, 6.45) is 0.273. The van der Waals surface area contributed by atoms with Crippen molar-refractivity contribution in [3.63, 3.8) is 0 Å². The van der Waals surface area contributed by atoms with Crippen LogP contribution < -0.4 is 0 Å². The van der Waals surface area contributed by atoms with E-state index in [0.29, 0.717) is 0 Å². The molecular formula is C15H20N2O. The molecule has 18 heavy (non-hydrogen) atoms. The van der Waals surface area contributed by atoms with Gasteiger partial charge in [0, 0.05) is 7.05 Å². The molecule has 0 bridgehead atoms. The highest BCUT2D eigenvalue weighted by molar-refractivity contribution is 5.34. The molecule has 0 aliphatic carbocycles. The van der Waals surface area contributed by atoms with E-state index in [1.54, 1.807) is 4.68 Å². The van der Waals surface area contributed by atoms with Gasteiger partial charge in [-0.1, -0.05) is 36.2 Å². The van der Waals surface area contributed by atoms with Gasteiger partial charge in [0.1, 0.15) is 6.10 Å². The summed E-state index contributed by atoms with van der Waals surface area (Å²) in [7, 11) is 1.88. The fraction of sp³-hybridized carbons (Fsp3) is 0.400. The van der Waals surface area contributed by atoms with E-state index in [2.05, 4.69) is 18.1 Å². The van der Waals surface area contributed by atoms with Crippen LogP contribution in [0.25, 0.3) is 0 Å². The van der Waals surface area contributed by atoms with Crippen molar-refractivity contribution in [2.75, 3.05) is 0 Å². The molecule has 0 saturated heterocycles. The molecule has 1 aromatic heterocycles. The maximum atomic E-state index is 10.5. The Balaban J connectivity index is 2.40. The third-order valence-electron chi connectivity index (χ3n) is 3.17. The third kappa shape index (κ3) is 2.46. The van der Waals surface area contributed by atoms with Gasteiger partial charge < -0.3 is 5.11 Å². The molecule has 1 atom stereocenters. The van der Waals surface area contributed by atoms with Crippen molar-refractivity contribution in [1.82, 2.24) is 9.78 Å². The SMILES string of the molecule is CCc1cc(C(O)c2cc(C)cc(C)c2)n(C)n1. The fourth-order valence-corrected chi connectivity index (χ4v) is 2.31. The second kappa shape index (κ2) is 4.94. The smallest absolute Gasteiger partial charge is 0.121 e. The van der Waals surface area contributed by atoms with Gasteiger partial charge in [-0.05, 0) is 31.9 Å². The topological polar surface area (TPSA) is 38.0 Å². The molecule has 96 valence electrons. The molecule has 0 fully saturated rings. The number of rotatable bonds is 3. The van der Waals surface area contributed by atoms with E-state index in [4.69, 9.17) is 0 Å². The number of aryl methyl sites for hydroxylation is 4. The number of aromatic nitrogens is 2. The molecule has 0 amide bonds. The normalized spacial score (nSPS) is 12.7. The quantitative estimate of drug-likeness (QED) is 0.901. The van der Waals surface area contributed by atoms with E-state index < -0.39 is 6.10 Å². The van der Waals surface area contributed by atoms with Gasteiger partial charge >= 0.3 is 0 Å². The van der Waals surface area contributed by atoms with E-state index >= 15 is 0 Å². The Kier molecular flexibility index (Phi) is 3.53. The fourth-order valence-electron chi connectivity index (χ4n) is 2.31. The molecule has 1 N–H and O–H groups in total. The van der Waals surface area contributed by atoms with Gasteiger partial charge in [-0.15, -0.1) is 0 Å². The Morgan fingerprint density at radius 3 is 2.28 bits per heavy atom. The maximum Gasteiger partial charge on any atom is 0.121 e. The lowest BCUT2D eigenvalue weighted by Crippen LogP contribution is -2.07. The third-order valence-corrected chi connectivity index (χ3v) is 3.17. The molecular weight excluding hydrogens is 224 g/mol. The number of nitrogens with zero attached hydrogens (tertiary/aromatic N) is 2. The standard InChI is InChI=1S/C15H20N2O/c1-5-13-9-14(17(4)16-13)15(18)12-7-10(2)6-11(3)8-12/h6-9,15,18H,5H2,1-4H3. The van der Waals surface area contributed by atoms with Crippen molar-refractivity contribution in [3.05, 3.63) is 52.3 Å². The van der Waals surface area contributed by atoms with Crippen molar-refractivity contribution in [1.29, 1.82) is 0 Å². The summed E-state index contributed by atoms with van der Waals surface area (Å²) in [4.78, 5) is 0. The Labute approximate surface area is 108 Å². The van der Waals surface area contributed by atoms with Crippen LogP contribution in [0.3, 0.4) is 0 Å². The van der Waals surface area contributed by atoms with Crippen molar-refractivity contribution in [2.45, 2.75) is 33.3 Å². The van der Waals surface area contributed by atoms with E-state index in [9.17, 15) is 5.11 Å². The predicted molar refractivity (Wildman–Crippen MR) is 72.6 cm³/mol. The minimum absolute atomic E-state index is 0.610. The summed E-state index contributed by atoms with van der Waals surface area (Å²) in [5, 5.41) is 14.8. The molecule has 0 saturated carbocycles. The van der Waals surface area contributed by atoms with Crippen LogP contribution in [-0.4, -0.2) is 14.9 Å². The van der Waals surface area contributed by atoms with Gasteiger partial charge in [-0.2, -0.15) is 5.10 Å². The van der Waals surface area contributed by atoms with Crippen LogP contribution in [0.15, 0.2) is 24.3 Å². The van der Waals surface area contributed by atoms with Gasteiger partial charge in [0.15, 0.2) is 0 Å². The van der Waals surface area contributed by atoms with Crippen LogP contribution in [0.5, 0.6) is 0 Å². The Hall–Kier alpha value is -1.61. The lowest BCUT2D eigenvalue weighted by atomic mass is 10.0. The zero-order valence-electron chi connectivity index (χ0n) is 11.4. The zero-order valence-corrected chi connectivity index (χ0v) is 11.4. The first-order valence-electron chi connectivity index (χ1n) is 6.30. The summed E-state index contributed by atoms with van der Waals surface area (Å²) in [6.45, 7) is 6.16. The number of aliphatic hydroxyl groups excluding tert-OH is 1. The molecule has 0 spiro atoms. The van der Waals surface area contributed by atoms with E-state index in [1.807, 2.05) is 39.1 Å². The summed E-state index contributed by atoms with van der Waals surface area (Å²) in [6, 6.07) is 8.13. The molecule has 0 aliphatic heterocycles. The highest BCUT2D eigenvalue weighted by atomic mass is 16.3. The van der Waals surface area contributed by atoms with Crippen LogP contribution in [-0.2, 0) is 13.5 Å². The van der Waals surface area contributed by atoms with Crippen molar-refractivity contribution in [2.24, 2.45) is 7.05 Å². The summed E-state index contributed by atoms with van der Waals surface area (Å²) < 4.78 is 1.77. The van der Waals surface area contributed by atoms with Crippen molar-refractivity contribution in [3.8, 4) is 0 Å². The Morgan fingerprint density at radius 1 is 1.17 bits per heavy atom. The van der Waals surface area contributed by atoms with E-state index in [-0.39, 0.29) is 0 Å². The number of benzene rings is 1. The maximum absolute atomic E-state index is 10.5. The number of aliphatic hydroxyl groups is 1. The number of hydrogen-bond donors (Lipinski definition) is 1. The molecule has 2 aromatic rings. The van der Waals surface area contributed by atoms with Gasteiger partial charge in [0.2, 0.25) is 0 Å². The predicted octanol–water partition coefficient (Wildman–Crippen LogP) is 2.68. The molecule has 0 aliphatic rings. The first-order valence-corrected chi connectivity index (χ1v) is 6.30. The Bertz CT molecular complexity index is 537. The van der Waals surface area contributed by atoms with Crippen LogP contribution in [0.1, 0.15) is 41.1 Å². The largest absolute Gasteiger partial charge is 0.382 e. The molecule has 1 unspecified atom stereocenters. The van der Waals surface area contributed by atoms with Gasteiger partial charge in [0.25, 0.3) is 0 Å². The highest BCUT2D eigenvalue weighted by Crippen LogP contribution is 2.24. The molecule has 0 radical (unpaired) electrons. The molecule has 1 heterocycles. The van der Waals surface area contributed by atoms with Crippen LogP contribution in [0.2, 0.25) is 0 Å². The monoisotopic (exact) mass is 244 g/mol. The summed E-state index contributed by atoms with van der Waals surface area (Å²) in [5.74, 6) is 0.